The molecule has 0 bridgehead atoms. The van der Waals surface area contributed by atoms with E-state index in [9.17, 15) is 4.79 Å². The number of hydrogen-bond donors (Lipinski definition) is 0. The summed E-state index contributed by atoms with van der Waals surface area (Å²) in [7, 11) is 0. The van der Waals surface area contributed by atoms with Crippen LogP contribution in [0.5, 0.6) is 0 Å². The fraction of sp³-hybridized carbons (Fsp3) is 0.286. The molecule has 0 aliphatic carbocycles. The Morgan fingerprint density at radius 2 is 2.45 bits per heavy atom. The lowest BCUT2D eigenvalue weighted by atomic mass is 10.3. The van der Waals surface area contributed by atoms with E-state index in [1.54, 1.807) is 12.3 Å². The number of rotatable bonds is 4. The molecule has 0 N–H and O–H groups in total. The molecule has 0 aromatic carbocycles. The highest BCUT2D eigenvalue weighted by atomic mass is 35.5. The predicted molar refractivity (Wildman–Crippen MR) is 41.7 cm³/mol. The monoisotopic (exact) mass is 176 g/mol. The summed E-state index contributed by atoms with van der Waals surface area (Å²) >= 11 is 0. The van der Waals surface area contributed by atoms with Crippen molar-refractivity contribution >= 4 is 18.9 Å². The maximum atomic E-state index is 9.68. The second kappa shape index (κ2) is 5.80. The fourth-order valence-electron chi connectivity index (χ4n) is 0.662. The Balaban J connectivity index is 0.000001000. The van der Waals surface area contributed by atoms with E-state index in [1.807, 2.05) is 6.07 Å². The van der Waals surface area contributed by atoms with Gasteiger partial charge in [-0.2, -0.15) is 0 Å². The molecule has 11 heavy (non-hydrogen) atoms. The van der Waals surface area contributed by atoms with E-state index < -0.39 is 0 Å². The predicted octanol–water partition coefficient (Wildman–Crippen LogP) is 1.42. The van der Waals surface area contributed by atoms with Gasteiger partial charge in [0.1, 0.15) is 5.76 Å². The molecular weight excluding hydrogens is 168 g/mol. The quantitative estimate of drug-likeness (QED) is 0.515. The van der Waals surface area contributed by atoms with Gasteiger partial charge in [0.2, 0.25) is 0 Å². The summed E-state index contributed by atoms with van der Waals surface area (Å²) in [6.45, 7) is 0.819. The minimum Gasteiger partial charge on any atom is -0.469 e. The van der Waals surface area contributed by atoms with Crippen molar-refractivity contribution in [2.24, 2.45) is 0 Å². The van der Waals surface area contributed by atoms with Gasteiger partial charge in [-0.15, -0.1) is 12.4 Å². The van der Waals surface area contributed by atoms with E-state index in [2.05, 4.69) is 4.74 Å². The highest BCUT2D eigenvalue weighted by Crippen LogP contribution is 1.99. The lowest BCUT2D eigenvalue weighted by Gasteiger charge is -1.93. The maximum absolute atomic E-state index is 9.68. The van der Waals surface area contributed by atoms with Crippen LogP contribution in [-0.2, 0) is 16.0 Å². The number of hydrogen-bond acceptors (Lipinski definition) is 3. The molecule has 0 aliphatic rings. The molecule has 0 aliphatic heterocycles. The molecule has 0 fully saturated rings. The Morgan fingerprint density at radius 3 is 3.00 bits per heavy atom. The molecule has 0 radical (unpaired) electrons. The Kier molecular flexibility index (Phi) is 5.29. The average Bonchev–Trinajstić information content (AvgIpc) is 2.41. The Morgan fingerprint density at radius 1 is 1.64 bits per heavy atom. The van der Waals surface area contributed by atoms with Crippen LogP contribution >= 0.6 is 12.4 Å². The van der Waals surface area contributed by atoms with Crippen LogP contribution in [0.2, 0.25) is 0 Å². The molecule has 62 valence electrons. The van der Waals surface area contributed by atoms with Gasteiger partial charge in [-0.25, -0.2) is 0 Å². The highest BCUT2D eigenvalue weighted by Gasteiger charge is 1.93. The van der Waals surface area contributed by atoms with Crippen molar-refractivity contribution in [2.45, 2.75) is 6.42 Å². The number of carbonyl (C=O) groups is 1. The van der Waals surface area contributed by atoms with Gasteiger partial charge in [0.05, 0.1) is 12.9 Å². The minimum atomic E-state index is 0. The van der Waals surface area contributed by atoms with Crippen LogP contribution in [0, 0.1) is 0 Å². The molecule has 1 heterocycles. The van der Waals surface area contributed by atoms with Gasteiger partial charge in [0, 0.05) is 6.42 Å². The molecule has 1 rings (SSSR count). The largest absolute Gasteiger partial charge is 0.469 e. The van der Waals surface area contributed by atoms with Crippen LogP contribution in [0.1, 0.15) is 5.76 Å². The third-order valence-corrected chi connectivity index (χ3v) is 1.11. The molecule has 0 atom stereocenters. The van der Waals surface area contributed by atoms with Crippen LogP contribution in [0.25, 0.3) is 0 Å². The number of carbonyl (C=O) groups excluding carboxylic acids is 1. The number of furan rings is 1. The second-order valence-electron chi connectivity index (χ2n) is 1.80. The molecule has 0 spiro atoms. The van der Waals surface area contributed by atoms with Gasteiger partial charge >= 0.3 is 0 Å². The van der Waals surface area contributed by atoms with E-state index in [0.717, 1.165) is 5.76 Å². The Labute approximate surface area is 70.7 Å². The summed E-state index contributed by atoms with van der Waals surface area (Å²) < 4.78 is 9.45. The molecule has 4 heteroatoms. The molecule has 0 saturated carbocycles. The molecule has 0 unspecified atom stereocenters. The third-order valence-electron chi connectivity index (χ3n) is 1.11. The first-order valence-electron chi connectivity index (χ1n) is 3.01. The molecule has 0 amide bonds. The fourth-order valence-corrected chi connectivity index (χ4v) is 0.662. The van der Waals surface area contributed by atoms with Crippen molar-refractivity contribution in [1.82, 2.24) is 0 Å². The maximum Gasteiger partial charge on any atom is 0.293 e. The minimum absolute atomic E-state index is 0. The van der Waals surface area contributed by atoms with Crippen LogP contribution in [0.4, 0.5) is 0 Å². The van der Waals surface area contributed by atoms with Crippen molar-refractivity contribution in [1.29, 1.82) is 0 Å². The van der Waals surface area contributed by atoms with E-state index >= 15 is 0 Å². The summed E-state index contributed by atoms with van der Waals surface area (Å²) in [4.78, 5) is 9.68. The average molecular weight is 177 g/mol. The zero-order valence-corrected chi connectivity index (χ0v) is 6.67. The van der Waals surface area contributed by atoms with Crippen molar-refractivity contribution in [3.8, 4) is 0 Å². The van der Waals surface area contributed by atoms with Gasteiger partial charge < -0.3 is 9.15 Å². The first kappa shape index (κ1) is 10.0. The van der Waals surface area contributed by atoms with Crippen LogP contribution in [0.3, 0.4) is 0 Å². The van der Waals surface area contributed by atoms with Gasteiger partial charge in [-0.05, 0) is 12.1 Å². The summed E-state index contributed by atoms with van der Waals surface area (Å²) in [5.74, 6) is 0.835. The molecule has 1 aromatic rings. The van der Waals surface area contributed by atoms with E-state index in [0.29, 0.717) is 19.5 Å². The molecule has 1 aromatic heterocycles. The summed E-state index contributed by atoms with van der Waals surface area (Å²) in [6, 6.07) is 3.64. The lowest BCUT2D eigenvalue weighted by molar-refractivity contribution is -0.128. The molecule has 3 nitrogen and oxygen atoms in total. The molecule has 0 saturated heterocycles. The summed E-state index contributed by atoms with van der Waals surface area (Å²) in [5, 5.41) is 0. The first-order valence-corrected chi connectivity index (χ1v) is 3.01. The van der Waals surface area contributed by atoms with Crippen LogP contribution in [0.15, 0.2) is 22.8 Å². The topological polar surface area (TPSA) is 39.4 Å². The normalized spacial score (nSPS) is 8.36. The second-order valence-corrected chi connectivity index (χ2v) is 1.80. The van der Waals surface area contributed by atoms with Gasteiger partial charge in [0.25, 0.3) is 6.47 Å². The van der Waals surface area contributed by atoms with E-state index in [-0.39, 0.29) is 12.4 Å². The van der Waals surface area contributed by atoms with Gasteiger partial charge in [-0.1, -0.05) is 0 Å². The summed E-state index contributed by atoms with van der Waals surface area (Å²) in [5.41, 5.74) is 0. The third kappa shape index (κ3) is 3.68. The standard InChI is InChI=1S/C7H8O3.ClH/c8-6-9-5-3-7-2-1-4-10-7;/h1-2,4,6H,3,5H2;1H. The zero-order valence-electron chi connectivity index (χ0n) is 5.86. The van der Waals surface area contributed by atoms with Crippen molar-refractivity contribution < 1.29 is 13.9 Å². The van der Waals surface area contributed by atoms with E-state index in [4.69, 9.17) is 4.42 Å². The van der Waals surface area contributed by atoms with Crippen LogP contribution < -0.4 is 0 Å². The zero-order chi connectivity index (χ0) is 7.23. The van der Waals surface area contributed by atoms with Crippen molar-refractivity contribution in [2.75, 3.05) is 6.61 Å². The van der Waals surface area contributed by atoms with Crippen LogP contribution in [-0.4, -0.2) is 13.1 Å². The smallest absolute Gasteiger partial charge is 0.293 e. The van der Waals surface area contributed by atoms with Gasteiger partial charge in [0.15, 0.2) is 0 Å². The number of halogens is 1. The first-order chi connectivity index (χ1) is 4.93. The van der Waals surface area contributed by atoms with Gasteiger partial charge in [-0.3, -0.25) is 4.79 Å². The highest BCUT2D eigenvalue weighted by molar-refractivity contribution is 5.85. The van der Waals surface area contributed by atoms with E-state index in [1.165, 1.54) is 0 Å². The van der Waals surface area contributed by atoms with Crippen molar-refractivity contribution in [3.05, 3.63) is 24.2 Å². The Bertz CT molecular complexity index is 184. The Hall–Kier alpha value is -0.960. The summed E-state index contributed by atoms with van der Waals surface area (Å²) in [6.07, 6.45) is 2.24. The lowest BCUT2D eigenvalue weighted by Crippen LogP contribution is -1.94. The SMILES string of the molecule is Cl.O=COCCc1ccco1. The molecular formula is C7H9ClO3. The van der Waals surface area contributed by atoms with Crippen molar-refractivity contribution in [3.63, 3.8) is 0 Å². The number of ether oxygens (including phenoxy) is 1.